The van der Waals surface area contributed by atoms with Crippen LogP contribution in [0.15, 0.2) is 0 Å². The maximum Gasteiger partial charge on any atom is 0.472 e. The van der Waals surface area contributed by atoms with Crippen molar-refractivity contribution < 1.29 is 80.2 Å². The quantitative estimate of drug-likeness (QED) is 0.0222. The molecule has 0 aromatic rings. The summed E-state index contributed by atoms with van der Waals surface area (Å²) in [7, 11) is -9.91. The summed E-state index contributed by atoms with van der Waals surface area (Å²) in [6.45, 7) is 4.93. The zero-order chi connectivity index (χ0) is 72.5. The van der Waals surface area contributed by atoms with Gasteiger partial charge in [0.2, 0.25) is 0 Å². The number of carbonyl (C=O) groups excluding carboxylic acids is 4. The lowest BCUT2D eigenvalue weighted by atomic mass is 10.0. The lowest BCUT2D eigenvalue weighted by molar-refractivity contribution is -0.161. The highest BCUT2D eigenvalue weighted by molar-refractivity contribution is 7.47. The molecule has 0 bridgehead atoms. The Morgan fingerprint density at radius 2 is 0.404 bits per heavy atom. The Labute approximate surface area is 607 Å². The van der Waals surface area contributed by atoms with Gasteiger partial charge in [-0.25, -0.2) is 9.13 Å². The first-order valence-electron chi connectivity index (χ1n) is 41.8. The molecular formula is C80H156O17P2. The largest absolute Gasteiger partial charge is 0.472 e. The van der Waals surface area contributed by atoms with Crippen LogP contribution >= 0.6 is 15.6 Å². The van der Waals surface area contributed by atoms with Crippen LogP contribution in [0.25, 0.3) is 0 Å². The summed E-state index contributed by atoms with van der Waals surface area (Å²) in [4.78, 5) is 72.7. The molecule has 0 saturated carbocycles. The van der Waals surface area contributed by atoms with Crippen molar-refractivity contribution >= 4 is 39.5 Å². The van der Waals surface area contributed by atoms with E-state index < -0.39 is 97.5 Å². The van der Waals surface area contributed by atoms with Crippen molar-refractivity contribution in [1.29, 1.82) is 0 Å². The lowest BCUT2D eigenvalue weighted by Crippen LogP contribution is -2.30. The van der Waals surface area contributed by atoms with Gasteiger partial charge in [0.25, 0.3) is 0 Å². The molecule has 0 heterocycles. The van der Waals surface area contributed by atoms with Gasteiger partial charge in [-0.1, -0.05) is 381 Å². The van der Waals surface area contributed by atoms with Crippen LogP contribution in [0.3, 0.4) is 0 Å². The maximum atomic E-state index is 13.1. The number of esters is 4. The highest BCUT2D eigenvalue weighted by Crippen LogP contribution is 2.45. The van der Waals surface area contributed by atoms with Gasteiger partial charge in [0.15, 0.2) is 12.2 Å². The van der Waals surface area contributed by atoms with Crippen LogP contribution in [-0.4, -0.2) is 96.7 Å². The first kappa shape index (κ1) is 97.1. The fourth-order valence-corrected chi connectivity index (χ4v) is 14.0. The molecule has 0 radical (unpaired) electrons. The van der Waals surface area contributed by atoms with Gasteiger partial charge >= 0.3 is 39.5 Å². The molecule has 3 N–H and O–H groups in total. The minimum absolute atomic E-state index is 0.108. The third-order valence-electron chi connectivity index (χ3n) is 18.9. The number of aliphatic hydroxyl groups excluding tert-OH is 1. The van der Waals surface area contributed by atoms with Gasteiger partial charge < -0.3 is 33.8 Å². The molecular weight excluding hydrogens is 1290 g/mol. The Bertz CT molecular complexity index is 1880. The Morgan fingerprint density at radius 1 is 0.242 bits per heavy atom. The second-order valence-corrected chi connectivity index (χ2v) is 31.7. The smallest absolute Gasteiger partial charge is 0.462 e. The molecule has 99 heavy (non-hydrogen) atoms. The van der Waals surface area contributed by atoms with E-state index >= 15 is 0 Å². The topological polar surface area (TPSA) is 237 Å². The predicted molar refractivity (Wildman–Crippen MR) is 405 cm³/mol. The first-order chi connectivity index (χ1) is 48.2. The van der Waals surface area contributed by atoms with Crippen molar-refractivity contribution in [2.75, 3.05) is 39.6 Å². The monoisotopic (exact) mass is 1450 g/mol. The van der Waals surface area contributed by atoms with Crippen LogP contribution in [0.4, 0.5) is 0 Å². The third kappa shape index (κ3) is 74.1. The normalized spacial score (nSPS) is 13.8. The molecule has 0 fully saturated rings. The van der Waals surface area contributed by atoms with Crippen LogP contribution in [0.5, 0.6) is 0 Å². The number of hydrogen-bond acceptors (Lipinski definition) is 15. The fraction of sp³-hybridized carbons (Fsp3) is 0.950. The van der Waals surface area contributed by atoms with E-state index in [0.29, 0.717) is 25.7 Å². The van der Waals surface area contributed by atoms with Crippen LogP contribution < -0.4 is 0 Å². The number of phosphoric ester groups is 2. The van der Waals surface area contributed by atoms with E-state index in [-0.39, 0.29) is 25.7 Å². The number of aliphatic hydroxyl groups is 1. The van der Waals surface area contributed by atoms with Crippen molar-refractivity contribution in [3.63, 3.8) is 0 Å². The molecule has 19 heteroatoms. The van der Waals surface area contributed by atoms with Gasteiger partial charge in [-0.15, -0.1) is 0 Å². The standard InChI is InChI=1S/C80H156O17P2/c1-5-9-13-17-20-23-26-29-32-34-36-38-40-43-46-49-52-55-59-63-67-80(85)97-76(71-91-78(83)65-61-57-53-50-47-44-42-39-37-35-33-30-27-24-21-18-14-10-6-2)73-95-99(88,89)93-69-74(81)68-92-98(86,87)94-72-75(70-90-77(82)64-60-56-16-12-8-4)96-79(84)66-62-58-54-51-48-45-41-31-28-25-22-19-15-11-7-3/h74-76,81H,5-73H2,1-4H3,(H,86,87)(H,88,89)/t74-,75+,76+/m0/s1. The predicted octanol–water partition coefficient (Wildman–Crippen LogP) is 24.2. The van der Waals surface area contributed by atoms with Crippen molar-refractivity contribution in [3.05, 3.63) is 0 Å². The molecule has 0 aliphatic heterocycles. The Kier molecular flexibility index (Phi) is 72.9. The summed E-state index contributed by atoms with van der Waals surface area (Å²) in [6.07, 6.45) is 67.1. The third-order valence-corrected chi connectivity index (χ3v) is 20.8. The minimum Gasteiger partial charge on any atom is -0.462 e. The number of phosphoric acid groups is 2. The number of carbonyl (C=O) groups is 4. The van der Waals surface area contributed by atoms with Crippen molar-refractivity contribution in [2.24, 2.45) is 0 Å². The van der Waals surface area contributed by atoms with E-state index in [1.54, 1.807) is 0 Å². The first-order valence-corrected chi connectivity index (χ1v) is 44.8. The zero-order valence-corrected chi connectivity index (χ0v) is 66.3. The molecule has 2 unspecified atom stereocenters. The Hall–Kier alpha value is -1.94. The molecule has 588 valence electrons. The second kappa shape index (κ2) is 74.3. The molecule has 5 atom stereocenters. The van der Waals surface area contributed by atoms with E-state index in [0.717, 1.165) is 96.3 Å². The molecule has 0 aliphatic carbocycles. The van der Waals surface area contributed by atoms with Crippen LogP contribution in [-0.2, 0) is 65.4 Å². The van der Waals surface area contributed by atoms with Gasteiger partial charge in [-0.2, -0.15) is 0 Å². The summed E-state index contributed by atoms with van der Waals surface area (Å²) in [5.74, 6) is -2.12. The molecule has 0 aromatic carbocycles. The van der Waals surface area contributed by atoms with Crippen LogP contribution in [0.2, 0.25) is 0 Å². The van der Waals surface area contributed by atoms with Gasteiger partial charge in [0.05, 0.1) is 26.4 Å². The van der Waals surface area contributed by atoms with E-state index in [1.807, 2.05) is 0 Å². The average molecular weight is 1450 g/mol. The highest BCUT2D eigenvalue weighted by Gasteiger charge is 2.30. The SMILES string of the molecule is CCCCCCCCCCCCCCCCCCCCCCC(=O)O[C@H](COC(=O)CCCCCCCCCCCCCCCCCCCCC)COP(=O)(O)OC[C@@H](O)COP(=O)(O)OC[C@@H](COC(=O)CCCCCCC)OC(=O)CCCCCCCCCCCCCCCCC. The Morgan fingerprint density at radius 3 is 0.596 bits per heavy atom. The summed E-state index contributed by atoms with van der Waals surface area (Å²) < 4.78 is 68.4. The number of hydrogen-bond donors (Lipinski definition) is 3. The summed E-state index contributed by atoms with van der Waals surface area (Å²) in [5.41, 5.74) is 0. The van der Waals surface area contributed by atoms with Gasteiger partial charge in [-0.3, -0.25) is 37.3 Å². The molecule has 0 aromatic heterocycles. The Balaban J connectivity index is 5.12. The molecule has 0 saturated heterocycles. The van der Waals surface area contributed by atoms with E-state index in [2.05, 4.69) is 27.7 Å². The number of unbranched alkanes of at least 4 members (excludes halogenated alkanes) is 55. The fourth-order valence-electron chi connectivity index (χ4n) is 12.5. The zero-order valence-electron chi connectivity index (χ0n) is 64.5. The minimum atomic E-state index is -4.96. The van der Waals surface area contributed by atoms with Crippen LogP contribution in [0.1, 0.15) is 432 Å². The highest BCUT2D eigenvalue weighted by atomic mass is 31.2. The van der Waals surface area contributed by atoms with Gasteiger partial charge in [-0.05, 0) is 25.7 Å². The number of rotatable bonds is 81. The lowest BCUT2D eigenvalue weighted by Gasteiger charge is -2.21. The average Bonchev–Trinajstić information content (AvgIpc) is 1.06. The summed E-state index contributed by atoms with van der Waals surface area (Å²) in [6, 6.07) is 0. The summed E-state index contributed by atoms with van der Waals surface area (Å²) >= 11 is 0. The van der Waals surface area contributed by atoms with Crippen molar-refractivity contribution in [1.82, 2.24) is 0 Å². The second-order valence-electron chi connectivity index (χ2n) is 28.8. The van der Waals surface area contributed by atoms with Gasteiger partial charge in [0.1, 0.15) is 19.3 Å². The van der Waals surface area contributed by atoms with E-state index in [4.69, 9.17) is 37.0 Å². The molecule has 17 nitrogen and oxygen atoms in total. The molecule has 0 aliphatic rings. The van der Waals surface area contributed by atoms with Gasteiger partial charge in [0, 0.05) is 25.7 Å². The molecule has 0 spiro atoms. The maximum absolute atomic E-state index is 13.1. The van der Waals surface area contributed by atoms with Crippen molar-refractivity contribution in [3.8, 4) is 0 Å². The molecule has 0 amide bonds. The van der Waals surface area contributed by atoms with Crippen LogP contribution in [0, 0.1) is 0 Å². The van der Waals surface area contributed by atoms with E-state index in [9.17, 15) is 43.2 Å². The summed E-state index contributed by atoms with van der Waals surface area (Å²) in [5, 5.41) is 10.6. The number of ether oxygens (including phenoxy) is 4. The van der Waals surface area contributed by atoms with E-state index in [1.165, 1.54) is 257 Å². The van der Waals surface area contributed by atoms with Crippen molar-refractivity contribution in [2.45, 2.75) is 451 Å². The molecule has 0 rings (SSSR count).